The molecule has 0 spiro atoms. The van der Waals surface area contributed by atoms with E-state index in [-0.39, 0.29) is 23.5 Å². The normalized spacial score (nSPS) is 10.2. The van der Waals surface area contributed by atoms with Crippen LogP contribution in [0.25, 0.3) is 0 Å². The molecule has 2 aromatic carbocycles. The summed E-state index contributed by atoms with van der Waals surface area (Å²) in [5.41, 5.74) is 1.64. The monoisotopic (exact) mass is 358 g/mol. The zero-order valence-corrected chi connectivity index (χ0v) is 15.4. The Morgan fingerprint density at radius 1 is 1.12 bits per heavy atom. The minimum atomic E-state index is -0.183. The average Bonchev–Trinajstić information content (AvgIpc) is 2.55. The summed E-state index contributed by atoms with van der Waals surface area (Å²) in [7, 11) is 1.60. The van der Waals surface area contributed by atoms with Gasteiger partial charge in [0.1, 0.15) is 11.5 Å². The third kappa shape index (κ3) is 6.43. The van der Waals surface area contributed by atoms with Crippen molar-refractivity contribution in [1.29, 1.82) is 0 Å². The van der Waals surface area contributed by atoms with Crippen molar-refractivity contribution in [3.8, 4) is 11.5 Å². The van der Waals surface area contributed by atoms with Gasteiger partial charge in [-0.2, -0.15) is 0 Å². The van der Waals surface area contributed by atoms with Crippen LogP contribution in [0.2, 0.25) is 0 Å². The molecule has 0 aliphatic heterocycles. The summed E-state index contributed by atoms with van der Waals surface area (Å²) < 4.78 is 10.7. The molecule has 2 aromatic rings. The van der Waals surface area contributed by atoms with Crippen LogP contribution in [-0.2, 0) is 11.2 Å². The smallest absolute Gasteiger partial charge is 0.230 e. The molecular weight excluding hydrogens is 336 g/mol. The van der Waals surface area contributed by atoms with Crippen molar-refractivity contribution in [3.63, 3.8) is 0 Å². The number of hydrogen-bond acceptors (Lipinski definition) is 4. The average molecular weight is 358 g/mol. The third-order valence-corrected chi connectivity index (χ3v) is 3.44. The molecule has 25 heavy (non-hydrogen) atoms. The van der Waals surface area contributed by atoms with E-state index in [1.54, 1.807) is 7.11 Å². The van der Waals surface area contributed by atoms with Crippen molar-refractivity contribution in [2.75, 3.05) is 12.4 Å². The minimum absolute atomic E-state index is 0.0893. The number of ether oxygens (including phenoxy) is 2. The summed E-state index contributed by atoms with van der Waals surface area (Å²) in [5.74, 6) is 1.31. The maximum Gasteiger partial charge on any atom is 0.230 e. The molecule has 0 bridgehead atoms. The van der Waals surface area contributed by atoms with Gasteiger partial charge in [0.25, 0.3) is 0 Å². The first-order chi connectivity index (χ1) is 12.0. The number of benzene rings is 2. The quantitative estimate of drug-likeness (QED) is 0.774. The largest absolute Gasteiger partial charge is 0.497 e. The Balaban J connectivity index is 1.87. The second kappa shape index (κ2) is 9.03. The number of carbonyl (C=O) groups is 1. The molecule has 0 aromatic heterocycles. The highest BCUT2D eigenvalue weighted by molar-refractivity contribution is 7.80. The zero-order valence-electron chi connectivity index (χ0n) is 14.5. The van der Waals surface area contributed by atoms with E-state index in [2.05, 4.69) is 10.6 Å². The topological polar surface area (TPSA) is 59.6 Å². The van der Waals surface area contributed by atoms with Crippen LogP contribution < -0.4 is 20.1 Å². The lowest BCUT2D eigenvalue weighted by atomic mass is 10.1. The predicted octanol–water partition coefficient (Wildman–Crippen LogP) is 3.54. The van der Waals surface area contributed by atoms with Gasteiger partial charge in [0.2, 0.25) is 5.91 Å². The molecule has 5 nitrogen and oxygen atoms in total. The molecule has 0 aliphatic carbocycles. The molecule has 0 saturated carbocycles. The molecule has 6 heteroatoms. The maximum absolute atomic E-state index is 12.1. The molecule has 0 unspecified atom stereocenters. The maximum atomic E-state index is 12.1. The van der Waals surface area contributed by atoms with E-state index in [1.807, 2.05) is 62.4 Å². The SMILES string of the molecule is COc1ccc(CC(=O)NC(=S)Nc2cccc(OC(C)C)c2)cc1. The van der Waals surface area contributed by atoms with Crippen molar-refractivity contribution >= 4 is 28.9 Å². The summed E-state index contributed by atoms with van der Waals surface area (Å²) in [5, 5.41) is 5.92. The first-order valence-corrected chi connectivity index (χ1v) is 8.37. The Labute approximate surface area is 153 Å². The van der Waals surface area contributed by atoms with E-state index in [0.717, 1.165) is 22.7 Å². The molecule has 2 N–H and O–H groups in total. The van der Waals surface area contributed by atoms with Gasteiger partial charge in [0.15, 0.2) is 5.11 Å². The van der Waals surface area contributed by atoms with E-state index in [1.165, 1.54) is 0 Å². The van der Waals surface area contributed by atoms with E-state index in [4.69, 9.17) is 21.7 Å². The van der Waals surface area contributed by atoms with Crippen LogP contribution in [0, 0.1) is 0 Å². The second-order valence-corrected chi connectivity index (χ2v) is 6.13. The third-order valence-electron chi connectivity index (χ3n) is 3.24. The van der Waals surface area contributed by atoms with Crippen LogP contribution in [0.1, 0.15) is 19.4 Å². The number of hydrogen-bond donors (Lipinski definition) is 2. The van der Waals surface area contributed by atoms with Gasteiger partial charge < -0.3 is 20.1 Å². The van der Waals surface area contributed by atoms with Crippen LogP contribution >= 0.6 is 12.2 Å². The lowest BCUT2D eigenvalue weighted by Gasteiger charge is -2.13. The fraction of sp³-hybridized carbons (Fsp3) is 0.263. The summed E-state index contributed by atoms with van der Waals surface area (Å²) in [6, 6.07) is 14.8. The fourth-order valence-corrected chi connectivity index (χ4v) is 2.41. The highest BCUT2D eigenvalue weighted by Gasteiger charge is 2.07. The molecule has 2 rings (SSSR count). The zero-order chi connectivity index (χ0) is 18.2. The van der Waals surface area contributed by atoms with Gasteiger partial charge >= 0.3 is 0 Å². The van der Waals surface area contributed by atoms with Crippen molar-refractivity contribution < 1.29 is 14.3 Å². The van der Waals surface area contributed by atoms with Gasteiger partial charge in [-0.25, -0.2) is 0 Å². The number of rotatable bonds is 6. The molecule has 0 heterocycles. The summed E-state index contributed by atoms with van der Waals surface area (Å²) in [6.45, 7) is 3.92. The molecular formula is C19H22N2O3S. The Bertz CT molecular complexity index is 730. The summed E-state index contributed by atoms with van der Waals surface area (Å²) in [4.78, 5) is 12.1. The van der Waals surface area contributed by atoms with Crippen molar-refractivity contribution in [3.05, 3.63) is 54.1 Å². The number of carbonyl (C=O) groups excluding carboxylic acids is 1. The molecule has 0 aliphatic rings. The lowest BCUT2D eigenvalue weighted by Crippen LogP contribution is -2.35. The van der Waals surface area contributed by atoms with Gasteiger partial charge in [-0.3, -0.25) is 4.79 Å². The van der Waals surface area contributed by atoms with E-state index >= 15 is 0 Å². The van der Waals surface area contributed by atoms with Crippen LogP contribution in [0.4, 0.5) is 5.69 Å². The van der Waals surface area contributed by atoms with Crippen LogP contribution in [0.15, 0.2) is 48.5 Å². The Morgan fingerprint density at radius 3 is 2.48 bits per heavy atom. The first kappa shape index (κ1) is 18.7. The van der Waals surface area contributed by atoms with E-state index in [0.29, 0.717) is 0 Å². The molecule has 0 atom stereocenters. The number of methoxy groups -OCH3 is 1. The van der Waals surface area contributed by atoms with Gasteiger partial charge in [0, 0.05) is 11.8 Å². The van der Waals surface area contributed by atoms with Gasteiger partial charge in [-0.1, -0.05) is 18.2 Å². The minimum Gasteiger partial charge on any atom is -0.497 e. The number of thiocarbonyl (C=S) groups is 1. The van der Waals surface area contributed by atoms with E-state index in [9.17, 15) is 4.79 Å². The highest BCUT2D eigenvalue weighted by Crippen LogP contribution is 2.18. The molecule has 1 amide bonds. The van der Waals surface area contributed by atoms with Crippen LogP contribution in [0.3, 0.4) is 0 Å². The van der Waals surface area contributed by atoms with Crippen molar-refractivity contribution in [2.45, 2.75) is 26.4 Å². The Kier molecular flexibility index (Phi) is 6.77. The summed E-state index contributed by atoms with van der Waals surface area (Å²) >= 11 is 5.20. The van der Waals surface area contributed by atoms with Crippen LogP contribution in [0.5, 0.6) is 11.5 Å². The van der Waals surface area contributed by atoms with E-state index < -0.39 is 0 Å². The molecule has 0 saturated heterocycles. The van der Waals surface area contributed by atoms with Crippen LogP contribution in [-0.4, -0.2) is 24.2 Å². The fourth-order valence-electron chi connectivity index (χ4n) is 2.18. The van der Waals surface area contributed by atoms with Gasteiger partial charge in [0.05, 0.1) is 19.6 Å². The first-order valence-electron chi connectivity index (χ1n) is 7.96. The number of anilines is 1. The lowest BCUT2D eigenvalue weighted by molar-refractivity contribution is -0.119. The predicted molar refractivity (Wildman–Crippen MR) is 103 cm³/mol. The molecule has 0 radical (unpaired) electrons. The van der Waals surface area contributed by atoms with Gasteiger partial charge in [-0.05, 0) is 55.9 Å². The molecule has 0 fully saturated rings. The standard InChI is InChI=1S/C19H22N2O3S/c1-13(2)24-17-6-4-5-15(12-17)20-19(25)21-18(22)11-14-7-9-16(23-3)10-8-14/h4-10,12-13H,11H2,1-3H3,(H2,20,21,22,25). The molecule has 132 valence electrons. The Morgan fingerprint density at radius 2 is 1.84 bits per heavy atom. The number of amides is 1. The Hall–Kier alpha value is -2.60. The number of nitrogens with one attached hydrogen (secondary N) is 2. The highest BCUT2D eigenvalue weighted by atomic mass is 32.1. The van der Waals surface area contributed by atoms with Crippen molar-refractivity contribution in [1.82, 2.24) is 5.32 Å². The summed E-state index contributed by atoms with van der Waals surface area (Å²) in [6.07, 6.45) is 0.328. The second-order valence-electron chi connectivity index (χ2n) is 5.72. The van der Waals surface area contributed by atoms with Crippen molar-refractivity contribution in [2.24, 2.45) is 0 Å². The van der Waals surface area contributed by atoms with Gasteiger partial charge in [-0.15, -0.1) is 0 Å².